The van der Waals surface area contributed by atoms with Gasteiger partial charge in [-0.25, -0.2) is 9.97 Å². The van der Waals surface area contributed by atoms with Crippen molar-refractivity contribution in [1.29, 1.82) is 5.26 Å². The van der Waals surface area contributed by atoms with E-state index in [9.17, 15) is 5.26 Å². The average Bonchev–Trinajstić information content (AvgIpc) is 3.13. The number of nitrogens with two attached hydrogens (primary N) is 1. The van der Waals surface area contributed by atoms with Gasteiger partial charge in [-0.05, 0) is 42.7 Å². The number of aromatic nitrogens is 5. The molecule has 0 saturated carbocycles. The highest BCUT2D eigenvalue weighted by molar-refractivity contribution is 5.94. The third kappa shape index (κ3) is 2.70. The normalized spacial score (nSPS) is 10.8. The van der Waals surface area contributed by atoms with Crippen LogP contribution >= 0.6 is 0 Å². The lowest BCUT2D eigenvalue weighted by molar-refractivity contribution is 0.412. The molecule has 3 aromatic heterocycles. The zero-order valence-corrected chi connectivity index (χ0v) is 15.6. The monoisotopic (exact) mass is 371 g/mol. The molecule has 0 saturated heterocycles. The highest BCUT2D eigenvalue weighted by Crippen LogP contribution is 2.37. The lowest BCUT2D eigenvalue weighted by Gasteiger charge is -2.15. The first-order chi connectivity index (χ1) is 13.5. The average molecular weight is 371 g/mol. The number of nitrogens with one attached hydrogen (secondary N) is 1. The zero-order chi connectivity index (χ0) is 19.8. The number of fused-ring (bicyclic) bond motifs is 1. The minimum Gasteiger partial charge on any atom is -0.496 e. The van der Waals surface area contributed by atoms with E-state index in [0.29, 0.717) is 28.0 Å². The fourth-order valence-corrected chi connectivity index (χ4v) is 3.39. The molecule has 0 bridgehead atoms. The number of H-pyrrole nitrogens is 1. The van der Waals surface area contributed by atoms with Crippen LogP contribution in [0.15, 0.2) is 30.6 Å². The van der Waals surface area contributed by atoms with Crippen LogP contribution in [0.2, 0.25) is 0 Å². The number of hydrogen-bond acceptors (Lipinski definition) is 7. The number of hydrogen-bond donors (Lipinski definition) is 2. The molecule has 4 rings (SSSR count). The van der Waals surface area contributed by atoms with Gasteiger partial charge >= 0.3 is 0 Å². The van der Waals surface area contributed by atoms with E-state index < -0.39 is 0 Å². The number of pyridine rings is 1. The Balaban J connectivity index is 1.95. The van der Waals surface area contributed by atoms with Crippen molar-refractivity contribution < 1.29 is 4.74 Å². The van der Waals surface area contributed by atoms with Gasteiger partial charge in [0.25, 0.3) is 0 Å². The molecule has 0 aliphatic rings. The summed E-state index contributed by atoms with van der Waals surface area (Å²) in [6.45, 7) is 3.98. The number of nitrogens with zero attached hydrogens (tertiary/aromatic N) is 5. The van der Waals surface area contributed by atoms with Gasteiger partial charge in [-0.1, -0.05) is 6.07 Å². The Morgan fingerprint density at radius 3 is 2.64 bits per heavy atom. The lowest BCUT2D eigenvalue weighted by atomic mass is 9.92. The molecule has 0 radical (unpaired) electrons. The van der Waals surface area contributed by atoms with E-state index in [-0.39, 0.29) is 5.95 Å². The second kappa shape index (κ2) is 6.63. The highest BCUT2D eigenvalue weighted by atomic mass is 16.5. The van der Waals surface area contributed by atoms with Gasteiger partial charge in [-0.3, -0.25) is 0 Å². The summed E-state index contributed by atoms with van der Waals surface area (Å²) >= 11 is 0. The standard InChI is InChI=1S/C20H17N7O/c1-10-4-5-17(28-3)11(2)18(10)14-8-23-19-12(13(14)7-21)6-15(25-19)16-9-24-20(22)27-26-16/h4-6,8-9H,1-3H3,(H,23,25)(H2,22,24,27). The summed E-state index contributed by atoms with van der Waals surface area (Å²) in [6, 6.07) is 8.06. The van der Waals surface area contributed by atoms with Crippen LogP contribution in [0, 0.1) is 25.2 Å². The van der Waals surface area contributed by atoms with E-state index in [4.69, 9.17) is 10.5 Å². The molecular formula is C20H17N7O. The molecule has 0 fully saturated rings. The summed E-state index contributed by atoms with van der Waals surface area (Å²) < 4.78 is 5.45. The molecule has 0 amide bonds. The third-order valence-electron chi connectivity index (χ3n) is 4.74. The Labute approximate surface area is 161 Å². The van der Waals surface area contributed by atoms with Gasteiger partial charge in [-0.15, -0.1) is 10.2 Å². The maximum atomic E-state index is 9.92. The van der Waals surface area contributed by atoms with Crippen molar-refractivity contribution in [1.82, 2.24) is 25.1 Å². The van der Waals surface area contributed by atoms with Crippen molar-refractivity contribution in [2.45, 2.75) is 13.8 Å². The lowest BCUT2D eigenvalue weighted by Crippen LogP contribution is -1.97. The van der Waals surface area contributed by atoms with Crippen LogP contribution < -0.4 is 10.5 Å². The number of benzene rings is 1. The molecule has 0 aliphatic carbocycles. The van der Waals surface area contributed by atoms with Crippen molar-refractivity contribution in [3.63, 3.8) is 0 Å². The van der Waals surface area contributed by atoms with Crippen LogP contribution in [0.5, 0.6) is 5.75 Å². The summed E-state index contributed by atoms with van der Waals surface area (Å²) in [7, 11) is 1.63. The quantitative estimate of drug-likeness (QED) is 0.566. The number of aromatic amines is 1. The fourth-order valence-electron chi connectivity index (χ4n) is 3.39. The Kier molecular flexibility index (Phi) is 4.12. The minimum atomic E-state index is 0.0990. The maximum absolute atomic E-state index is 9.92. The maximum Gasteiger partial charge on any atom is 0.240 e. The molecule has 0 aliphatic heterocycles. The van der Waals surface area contributed by atoms with Crippen LogP contribution in [-0.2, 0) is 0 Å². The molecule has 0 atom stereocenters. The zero-order valence-electron chi connectivity index (χ0n) is 15.6. The Bertz CT molecular complexity index is 1240. The molecule has 8 heteroatoms. The Hall–Kier alpha value is -3.99. The number of rotatable bonds is 3. The van der Waals surface area contributed by atoms with Crippen molar-refractivity contribution in [2.75, 3.05) is 12.8 Å². The van der Waals surface area contributed by atoms with E-state index in [2.05, 4.69) is 31.2 Å². The first kappa shape index (κ1) is 17.4. The number of aryl methyl sites for hydroxylation is 1. The van der Waals surface area contributed by atoms with Gasteiger partial charge in [0.2, 0.25) is 5.95 Å². The van der Waals surface area contributed by atoms with Gasteiger partial charge in [0.1, 0.15) is 23.2 Å². The smallest absolute Gasteiger partial charge is 0.240 e. The first-order valence-corrected chi connectivity index (χ1v) is 8.55. The van der Waals surface area contributed by atoms with Gasteiger partial charge in [-0.2, -0.15) is 5.26 Å². The molecule has 138 valence electrons. The van der Waals surface area contributed by atoms with E-state index in [0.717, 1.165) is 28.0 Å². The van der Waals surface area contributed by atoms with E-state index in [1.165, 1.54) is 6.20 Å². The van der Waals surface area contributed by atoms with Crippen molar-refractivity contribution in [3.8, 4) is 34.3 Å². The number of methoxy groups -OCH3 is 1. The highest BCUT2D eigenvalue weighted by Gasteiger charge is 2.18. The topological polar surface area (TPSA) is 126 Å². The van der Waals surface area contributed by atoms with E-state index in [1.54, 1.807) is 13.3 Å². The molecular weight excluding hydrogens is 354 g/mol. The molecule has 3 N–H and O–H groups in total. The first-order valence-electron chi connectivity index (χ1n) is 8.55. The summed E-state index contributed by atoms with van der Waals surface area (Å²) in [5, 5.41) is 18.4. The van der Waals surface area contributed by atoms with Gasteiger partial charge in [0, 0.05) is 17.1 Å². The number of nitrogen functional groups attached to an aromatic ring is 1. The van der Waals surface area contributed by atoms with Crippen molar-refractivity contribution in [2.24, 2.45) is 0 Å². The van der Waals surface area contributed by atoms with Crippen LogP contribution in [0.25, 0.3) is 33.5 Å². The predicted octanol–water partition coefficient (Wildman–Crippen LogP) is 3.16. The molecule has 28 heavy (non-hydrogen) atoms. The molecule has 4 aromatic rings. The van der Waals surface area contributed by atoms with Gasteiger partial charge in [0.15, 0.2) is 0 Å². The van der Waals surface area contributed by atoms with E-state index >= 15 is 0 Å². The van der Waals surface area contributed by atoms with Crippen LogP contribution in [0.4, 0.5) is 5.95 Å². The molecule has 0 spiro atoms. The summed E-state index contributed by atoms with van der Waals surface area (Å²) in [5.74, 6) is 0.865. The number of ether oxygens (including phenoxy) is 1. The van der Waals surface area contributed by atoms with Crippen LogP contribution in [-0.4, -0.2) is 32.3 Å². The van der Waals surface area contributed by atoms with Crippen LogP contribution in [0.3, 0.4) is 0 Å². The summed E-state index contributed by atoms with van der Waals surface area (Å²) in [5.41, 5.74) is 11.5. The number of anilines is 1. The largest absolute Gasteiger partial charge is 0.496 e. The fraction of sp³-hybridized carbons (Fsp3) is 0.150. The minimum absolute atomic E-state index is 0.0990. The third-order valence-corrected chi connectivity index (χ3v) is 4.74. The van der Waals surface area contributed by atoms with Crippen molar-refractivity contribution in [3.05, 3.63) is 47.3 Å². The van der Waals surface area contributed by atoms with Crippen molar-refractivity contribution >= 4 is 17.0 Å². The molecule has 1 aromatic carbocycles. The van der Waals surface area contributed by atoms with Crippen LogP contribution in [0.1, 0.15) is 16.7 Å². The summed E-state index contributed by atoms with van der Waals surface area (Å²) in [4.78, 5) is 11.7. The SMILES string of the molecule is COc1ccc(C)c(-c2cnc3[nH]c(-c4cnc(N)nn4)cc3c2C#N)c1C. The second-order valence-electron chi connectivity index (χ2n) is 6.39. The van der Waals surface area contributed by atoms with Gasteiger partial charge in [0.05, 0.1) is 24.6 Å². The Morgan fingerprint density at radius 2 is 1.96 bits per heavy atom. The van der Waals surface area contributed by atoms with Gasteiger partial charge < -0.3 is 15.5 Å². The molecule has 0 unspecified atom stereocenters. The predicted molar refractivity (Wildman–Crippen MR) is 106 cm³/mol. The molecule has 8 nitrogen and oxygen atoms in total. The summed E-state index contributed by atoms with van der Waals surface area (Å²) in [6.07, 6.45) is 3.24. The Morgan fingerprint density at radius 1 is 1.14 bits per heavy atom. The number of nitriles is 1. The van der Waals surface area contributed by atoms with E-state index in [1.807, 2.05) is 32.0 Å². The second-order valence-corrected chi connectivity index (χ2v) is 6.39. The molecule has 3 heterocycles.